The van der Waals surface area contributed by atoms with E-state index in [0.29, 0.717) is 60.9 Å². The summed E-state index contributed by atoms with van der Waals surface area (Å²) in [6, 6.07) is 35.4. The summed E-state index contributed by atoms with van der Waals surface area (Å²) in [6.45, 7) is 2.71. The number of amides is 2. The Kier molecular flexibility index (Phi) is 19.3. The van der Waals surface area contributed by atoms with E-state index in [-0.39, 0.29) is 52.9 Å². The number of methoxy groups -OCH3 is 4. The highest BCUT2D eigenvalue weighted by Gasteiger charge is 2.19. The second-order valence-corrected chi connectivity index (χ2v) is 13.6. The van der Waals surface area contributed by atoms with Gasteiger partial charge in [0.2, 0.25) is 11.8 Å². The lowest BCUT2D eigenvalue weighted by Crippen LogP contribution is -2.31. The molecule has 0 saturated carbocycles. The number of ether oxygens (including phenoxy) is 10. The van der Waals surface area contributed by atoms with Crippen LogP contribution in [0.5, 0.6) is 34.8 Å². The van der Waals surface area contributed by atoms with Crippen LogP contribution < -0.4 is 28.4 Å². The number of hydrogen-bond acceptors (Lipinski definition) is 13. The Balaban J connectivity index is 0.968. The summed E-state index contributed by atoms with van der Waals surface area (Å²) in [7, 11) is 6.41. The fourth-order valence-electron chi connectivity index (χ4n) is 6.06. The Morgan fingerprint density at radius 1 is 0.419 bits per heavy atom. The number of aromatic nitrogens is 1. The Bertz CT molecular complexity index is 1880. The quantitative estimate of drug-likeness (QED) is 0.0504. The van der Waals surface area contributed by atoms with E-state index in [9.17, 15) is 9.59 Å². The number of rotatable bonds is 26. The average Bonchev–Trinajstić information content (AvgIpc) is 3.30. The maximum absolute atomic E-state index is 13.2. The van der Waals surface area contributed by atoms with E-state index in [1.807, 2.05) is 97.1 Å². The molecule has 62 heavy (non-hydrogen) atoms. The fraction of sp³-hybridized carbons (Fsp3) is 0.340. The second kappa shape index (κ2) is 25.8. The van der Waals surface area contributed by atoms with E-state index in [2.05, 4.69) is 4.98 Å². The third kappa shape index (κ3) is 16.0. The number of carbonyl (C=O) groups is 2. The molecule has 0 aliphatic carbocycles. The number of pyridine rings is 1. The molecule has 0 spiro atoms. The molecule has 0 unspecified atom stereocenters. The monoisotopic (exact) mass is 853 g/mol. The number of benzene rings is 4. The molecule has 4 aromatic carbocycles. The van der Waals surface area contributed by atoms with Gasteiger partial charge in [-0.3, -0.25) is 9.80 Å². The normalized spacial score (nSPS) is 10.6. The van der Waals surface area contributed by atoms with Crippen molar-refractivity contribution in [2.24, 2.45) is 0 Å². The summed E-state index contributed by atoms with van der Waals surface area (Å²) in [5.41, 5.74) is 3.60. The van der Waals surface area contributed by atoms with Gasteiger partial charge in [0.1, 0.15) is 49.4 Å². The van der Waals surface area contributed by atoms with Gasteiger partial charge in [-0.2, -0.15) is 4.98 Å². The Morgan fingerprint density at radius 2 is 0.726 bits per heavy atom. The van der Waals surface area contributed by atoms with E-state index in [4.69, 9.17) is 47.4 Å². The molecule has 0 bridgehead atoms. The van der Waals surface area contributed by atoms with Crippen molar-refractivity contribution in [2.75, 3.05) is 81.3 Å². The SMILES string of the molecule is COc1cccc(CN(Cc2cccc(OC)c2)C(=O)OCCOCCOc2cccc(OCCOCCOC(=O)N(Cc3cccc(OC)c3)Cc3cccc(OC)c3)n2)c1. The summed E-state index contributed by atoms with van der Waals surface area (Å²) >= 11 is 0. The average molecular weight is 854 g/mol. The Labute approximate surface area is 362 Å². The number of nitrogens with zero attached hydrogens (tertiary/aromatic N) is 3. The molecule has 0 saturated heterocycles. The standard InChI is InChI=1S/C47H55N3O12/c1-53-40-14-5-10-36(28-40)32-49(33-37-11-6-15-41(29-37)54-2)46(51)61-26-22-57-20-24-59-44-18-9-19-45(48-44)60-25-21-58-23-27-62-47(52)50(34-38-12-7-16-42(30-38)55-3)35-39-13-8-17-43(31-39)56-4/h5-19,28-31H,20-27,32-35H2,1-4H3. The van der Waals surface area contributed by atoms with Gasteiger partial charge in [-0.1, -0.05) is 54.6 Å². The van der Waals surface area contributed by atoms with Crippen molar-refractivity contribution in [3.63, 3.8) is 0 Å². The lowest BCUT2D eigenvalue weighted by molar-refractivity contribution is 0.0410. The van der Waals surface area contributed by atoms with Crippen molar-refractivity contribution in [1.29, 1.82) is 0 Å². The molecule has 5 aromatic rings. The first-order valence-electron chi connectivity index (χ1n) is 20.1. The van der Waals surface area contributed by atoms with Crippen molar-refractivity contribution >= 4 is 12.2 Å². The summed E-state index contributed by atoms with van der Waals surface area (Å²) in [5, 5.41) is 0. The zero-order chi connectivity index (χ0) is 43.8. The van der Waals surface area contributed by atoms with Gasteiger partial charge in [-0.25, -0.2) is 9.59 Å². The highest BCUT2D eigenvalue weighted by atomic mass is 16.6. The first-order valence-corrected chi connectivity index (χ1v) is 20.1. The van der Waals surface area contributed by atoms with Crippen LogP contribution in [0.1, 0.15) is 22.3 Å². The maximum atomic E-state index is 13.2. The summed E-state index contributed by atoms with van der Waals surface area (Å²) < 4.78 is 55.3. The van der Waals surface area contributed by atoms with Crippen LogP contribution in [-0.2, 0) is 45.1 Å². The molecule has 1 aromatic heterocycles. The van der Waals surface area contributed by atoms with Crippen LogP contribution in [0.25, 0.3) is 0 Å². The Morgan fingerprint density at radius 3 is 1.05 bits per heavy atom. The third-order valence-corrected chi connectivity index (χ3v) is 9.11. The minimum Gasteiger partial charge on any atom is -0.497 e. The summed E-state index contributed by atoms with van der Waals surface area (Å²) in [4.78, 5) is 34.0. The first kappa shape index (κ1) is 46.4. The predicted octanol–water partition coefficient (Wildman–Crippen LogP) is 7.58. The van der Waals surface area contributed by atoms with Crippen molar-refractivity contribution in [3.8, 4) is 34.8 Å². The minimum atomic E-state index is -0.477. The van der Waals surface area contributed by atoms with E-state index in [1.54, 1.807) is 56.4 Å². The van der Waals surface area contributed by atoms with Crippen molar-refractivity contribution in [3.05, 3.63) is 138 Å². The molecule has 0 atom stereocenters. The van der Waals surface area contributed by atoms with Crippen LogP contribution in [-0.4, -0.2) is 108 Å². The van der Waals surface area contributed by atoms with E-state index < -0.39 is 12.2 Å². The van der Waals surface area contributed by atoms with E-state index in [0.717, 1.165) is 22.3 Å². The van der Waals surface area contributed by atoms with Gasteiger partial charge >= 0.3 is 12.2 Å². The highest BCUT2D eigenvalue weighted by molar-refractivity contribution is 5.68. The van der Waals surface area contributed by atoms with Crippen molar-refractivity contribution in [1.82, 2.24) is 14.8 Å². The van der Waals surface area contributed by atoms with Gasteiger partial charge < -0.3 is 47.4 Å². The molecule has 0 N–H and O–H groups in total. The largest absolute Gasteiger partial charge is 0.497 e. The van der Waals surface area contributed by atoms with Gasteiger partial charge in [0, 0.05) is 38.3 Å². The predicted molar refractivity (Wildman–Crippen MR) is 230 cm³/mol. The first-order chi connectivity index (χ1) is 30.3. The minimum absolute atomic E-state index is 0.0601. The Hall–Kier alpha value is -6.71. The molecule has 0 radical (unpaired) electrons. The van der Waals surface area contributed by atoms with E-state index in [1.165, 1.54) is 0 Å². The summed E-state index contributed by atoms with van der Waals surface area (Å²) in [5.74, 6) is 3.54. The highest BCUT2D eigenvalue weighted by Crippen LogP contribution is 2.21. The van der Waals surface area contributed by atoms with Gasteiger partial charge in [0.05, 0.1) is 54.9 Å². The van der Waals surface area contributed by atoms with E-state index >= 15 is 0 Å². The molecule has 0 aliphatic heterocycles. The zero-order valence-corrected chi connectivity index (χ0v) is 35.7. The molecular weight excluding hydrogens is 799 g/mol. The smallest absolute Gasteiger partial charge is 0.410 e. The van der Waals surface area contributed by atoms with Gasteiger partial charge in [-0.05, 0) is 70.8 Å². The van der Waals surface area contributed by atoms with Gasteiger partial charge in [-0.15, -0.1) is 0 Å². The molecule has 2 amide bonds. The lowest BCUT2D eigenvalue weighted by Gasteiger charge is -2.23. The molecule has 1 heterocycles. The van der Waals surface area contributed by atoms with Crippen molar-refractivity contribution in [2.45, 2.75) is 26.2 Å². The lowest BCUT2D eigenvalue weighted by atomic mass is 10.1. The summed E-state index contributed by atoms with van der Waals surface area (Å²) in [6.07, 6.45) is -0.954. The van der Waals surface area contributed by atoms with Crippen LogP contribution in [0, 0.1) is 0 Å². The molecule has 15 nitrogen and oxygen atoms in total. The van der Waals surface area contributed by atoms with Crippen LogP contribution in [0.15, 0.2) is 115 Å². The van der Waals surface area contributed by atoms with Gasteiger partial charge in [0.15, 0.2) is 0 Å². The topological polar surface area (TPSA) is 146 Å². The molecular formula is C47H55N3O12. The fourth-order valence-corrected chi connectivity index (χ4v) is 6.06. The zero-order valence-electron chi connectivity index (χ0n) is 35.7. The maximum Gasteiger partial charge on any atom is 0.410 e. The molecule has 0 aliphatic rings. The third-order valence-electron chi connectivity index (χ3n) is 9.11. The second-order valence-electron chi connectivity index (χ2n) is 13.6. The number of carbonyl (C=O) groups excluding carboxylic acids is 2. The molecule has 0 fully saturated rings. The van der Waals surface area contributed by atoms with Gasteiger partial charge in [0.25, 0.3) is 0 Å². The van der Waals surface area contributed by atoms with Crippen LogP contribution in [0.4, 0.5) is 9.59 Å². The number of hydrogen-bond donors (Lipinski definition) is 0. The molecule has 15 heteroatoms. The van der Waals surface area contributed by atoms with Crippen LogP contribution >= 0.6 is 0 Å². The van der Waals surface area contributed by atoms with Crippen LogP contribution in [0.2, 0.25) is 0 Å². The molecule has 5 rings (SSSR count). The molecule has 330 valence electrons. The van der Waals surface area contributed by atoms with Crippen molar-refractivity contribution < 1.29 is 57.0 Å². The van der Waals surface area contributed by atoms with Crippen LogP contribution in [0.3, 0.4) is 0 Å².